The molecule has 0 radical (unpaired) electrons. The van der Waals surface area contributed by atoms with Crippen LogP contribution in [0.15, 0.2) is 48.8 Å². The van der Waals surface area contributed by atoms with Crippen molar-refractivity contribution in [2.24, 2.45) is 0 Å². The summed E-state index contributed by atoms with van der Waals surface area (Å²) in [5.41, 5.74) is 2.83. The van der Waals surface area contributed by atoms with E-state index in [0.29, 0.717) is 19.5 Å². The molecule has 0 spiro atoms. The lowest BCUT2D eigenvalue weighted by atomic mass is 10.1. The lowest BCUT2D eigenvalue weighted by Gasteiger charge is -2.34. The van der Waals surface area contributed by atoms with Crippen LogP contribution in [-0.2, 0) is 17.6 Å². The number of carbonyl (C=O) groups excluding carboxylic acids is 1. The highest BCUT2D eigenvalue weighted by atomic mass is 19.1. The minimum Gasteiger partial charge on any atom is -0.340 e. The number of hydrogen-bond acceptors (Lipinski definition) is 6. The van der Waals surface area contributed by atoms with Crippen molar-refractivity contribution in [2.75, 3.05) is 32.7 Å². The van der Waals surface area contributed by atoms with Crippen molar-refractivity contribution in [3.8, 4) is 11.8 Å². The molecule has 1 fully saturated rings. The van der Waals surface area contributed by atoms with Crippen molar-refractivity contribution < 1.29 is 9.18 Å². The Morgan fingerprint density at radius 3 is 2.48 bits per heavy atom. The van der Waals surface area contributed by atoms with Crippen molar-refractivity contribution >= 4 is 5.91 Å². The topological polar surface area (TPSA) is 90.9 Å². The van der Waals surface area contributed by atoms with Gasteiger partial charge in [0.2, 0.25) is 5.91 Å². The van der Waals surface area contributed by atoms with Crippen LogP contribution in [-0.4, -0.2) is 68.6 Å². The van der Waals surface area contributed by atoms with E-state index in [1.807, 2.05) is 35.2 Å². The number of aromatic nitrogens is 4. The van der Waals surface area contributed by atoms with Crippen LogP contribution in [0.4, 0.5) is 4.39 Å². The molecule has 0 unspecified atom stereocenters. The van der Waals surface area contributed by atoms with Crippen LogP contribution in [0.3, 0.4) is 0 Å². The van der Waals surface area contributed by atoms with Crippen molar-refractivity contribution in [2.45, 2.75) is 12.8 Å². The fraction of sp³-hybridized carbons (Fsp3) is 0.318. The van der Waals surface area contributed by atoms with E-state index >= 15 is 0 Å². The van der Waals surface area contributed by atoms with Gasteiger partial charge in [-0.05, 0) is 52.2 Å². The molecular formula is C22H22FN7O. The first-order chi connectivity index (χ1) is 15.1. The van der Waals surface area contributed by atoms with E-state index in [2.05, 4.69) is 20.4 Å². The van der Waals surface area contributed by atoms with Gasteiger partial charge in [0.25, 0.3) is 0 Å². The van der Waals surface area contributed by atoms with E-state index in [-0.39, 0.29) is 11.5 Å². The van der Waals surface area contributed by atoms with Crippen molar-refractivity contribution in [1.29, 1.82) is 5.26 Å². The largest absolute Gasteiger partial charge is 0.340 e. The van der Waals surface area contributed by atoms with E-state index in [9.17, 15) is 9.18 Å². The molecule has 1 amide bonds. The standard InChI is InChI=1S/C22H22FN7O/c23-21-6-3-18(13-19(21)15-24)7-8-28-9-11-29(12-10-28)22(31)14-17-1-4-20(5-2-17)30-16-25-26-27-30/h1-6,13,16H,7-12,14H2. The summed E-state index contributed by atoms with van der Waals surface area (Å²) in [4.78, 5) is 16.9. The highest BCUT2D eigenvalue weighted by Crippen LogP contribution is 2.13. The quantitative estimate of drug-likeness (QED) is 0.603. The van der Waals surface area contributed by atoms with Crippen LogP contribution in [0.25, 0.3) is 5.69 Å². The maximum absolute atomic E-state index is 13.4. The van der Waals surface area contributed by atoms with E-state index < -0.39 is 5.82 Å². The minimum atomic E-state index is -0.483. The number of tetrazole rings is 1. The second-order valence-electron chi connectivity index (χ2n) is 7.50. The van der Waals surface area contributed by atoms with Gasteiger partial charge in [-0.3, -0.25) is 9.69 Å². The zero-order valence-electron chi connectivity index (χ0n) is 17.0. The summed E-state index contributed by atoms with van der Waals surface area (Å²) < 4.78 is 15.0. The van der Waals surface area contributed by atoms with Gasteiger partial charge in [0.05, 0.1) is 17.7 Å². The lowest BCUT2D eigenvalue weighted by molar-refractivity contribution is -0.132. The van der Waals surface area contributed by atoms with Gasteiger partial charge in [-0.15, -0.1) is 5.10 Å². The number of nitriles is 1. The number of piperazine rings is 1. The molecule has 0 saturated carbocycles. The van der Waals surface area contributed by atoms with Gasteiger partial charge in [-0.2, -0.15) is 5.26 Å². The Kier molecular flexibility index (Phi) is 6.29. The van der Waals surface area contributed by atoms with Crippen molar-refractivity contribution in [1.82, 2.24) is 30.0 Å². The molecule has 31 heavy (non-hydrogen) atoms. The second-order valence-corrected chi connectivity index (χ2v) is 7.50. The third kappa shape index (κ3) is 5.10. The number of carbonyl (C=O) groups is 1. The maximum atomic E-state index is 13.4. The fourth-order valence-electron chi connectivity index (χ4n) is 3.65. The van der Waals surface area contributed by atoms with Gasteiger partial charge in [0.15, 0.2) is 0 Å². The summed E-state index contributed by atoms with van der Waals surface area (Å²) in [5.74, 6) is -0.365. The fourth-order valence-corrected chi connectivity index (χ4v) is 3.65. The average Bonchev–Trinajstić information content (AvgIpc) is 3.34. The third-order valence-corrected chi connectivity index (χ3v) is 5.50. The van der Waals surface area contributed by atoms with Crippen molar-refractivity contribution in [3.05, 3.63) is 71.3 Å². The molecule has 158 valence electrons. The Bertz CT molecular complexity index is 1070. The molecule has 2 heterocycles. The Morgan fingerprint density at radius 1 is 1.06 bits per heavy atom. The molecule has 4 rings (SSSR count). The molecule has 1 aliphatic rings. The zero-order chi connectivity index (χ0) is 21.6. The molecule has 3 aromatic rings. The zero-order valence-corrected chi connectivity index (χ0v) is 17.0. The summed E-state index contributed by atoms with van der Waals surface area (Å²) in [5, 5.41) is 20.0. The van der Waals surface area contributed by atoms with E-state index in [0.717, 1.165) is 42.9 Å². The Balaban J connectivity index is 1.24. The van der Waals surface area contributed by atoms with Gasteiger partial charge in [-0.25, -0.2) is 9.07 Å². The van der Waals surface area contributed by atoms with E-state index in [1.54, 1.807) is 16.8 Å². The Morgan fingerprint density at radius 2 is 1.81 bits per heavy atom. The van der Waals surface area contributed by atoms with Crippen LogP contribution in [0.2, 0.25) is 0 Å². The first kappa shape index (κ1) is 20.6. The molecule has 0 N–H and O–H groups in total. The third-order valence-electron chi connectivity index (χ3n) is 5.50. The highest BCUT2D eigenvalue weighted by molar-refractivity contribution is 5.79. The normalized spacial score (nSPS) is 14.4. The molecule has 0 bridgehead atoms. The van der Waals surface area contributed by atoms with Crippen LogP contribution < -0.4 is 0 Å². The number of benzene rings is 2. The average molecular weight is 419 g/mol. The number of rotatable bonds is 6. The van der Waals surface area contributed by atoms with Gasteiger partial charge in [0, 0.05) is 32.7 Å². The van der Waals surface area contributed by atoms with Gasteiger partial charge in [-0.1, -0.05) is 18.2 Å². The Hall–Kier alpha value is -3.64. The second kappa shape index (κ2) is 9.45. The smallest absolute Gasteiger partial charge is 0.227 e. The molecule has 8 nitrogen and oxygen atoms in total. The molecular weight excluding hydrogens is 397 g/mol. The molecule has 0 aliphatic carbocycles. The number of hydrogen-bond donors (Lipinski definition) is 0. The van der Waals surface area contributed by atoms with E-state index in [4.69, 9.17) is 5.26 Å². The van der Waals surface area contributed by atoms with Gasteiger partial charge < -0.3 is 4.90 Å². The maximum Gasteiger partial charge on any atom is 0.227 e. The molecule has 1 aliphatic heterocycles. The molecule has 9 heteroatoms. The highest BCUT2D eigenvalue weighted by Gasteiger charge is 2.21. The molecule has 2 aromatic carbocycles. The first-order valence-electron chi connectivity index (χ1n) is 10.1. The predicted molar refractivity (Wildman–Crippen MR) is 111 cm³/mol. The number of halogens is 1. The van der Waals surface area contributed by atoms with Crippen LogP contribution >= 0.6 is 0 Å². The lowest BCUT2D eigenvalue weighted by Crippen LogP contribution is -2.49. The summed E-state index contributed by atoms with van der Waals surface area (Å²) in [6.45, 7) is 3.80. The summed E-state index contributed by atoms with van der Waals surface area (Å²) in [7, 11) is 0. The van der Waals surface area contributed by atoms with Crippen LogP contribution in [0.1, 0.15) is 16.7 Å². The predicted octanol–water partition coefficient (Wildman–Crippen LogP) is 1.60. The summed E-state index contributed by atoms with van der Waals surface area (Å²) in [6, 6.07) is 14.2. The Labute approximate surface area is 179 Å². The molecule has 1 aromatic heterocycles. The van der Waals surface area contributed by atoms with Crippen LogP contribution in [0.5, 0.6) is 0 Å². The molecule has 1 saturated heterocycles. The monoisotopic (exact) mass is 419 g/mol. The number of nitrogens with zero attached hydrogens (tertiary/aromatic N) is 7. The SMILES string of the molecule is N#Cc1cc(CCN2CCN(C(=O)Cc3ccc(-n4cnnn4)cc3)CC2)ccc1F. The summed E-state index contributed by atoms with van der Waals surface area (Å²) >= 11 is 0. The van der Waals surface area contributed by atoms with Gasteiger partial charge in [0.1, 0.15) is 18.2 Å². The van der Waals surface area contributed by atoms with Crippen molar-refractivity contribution in [3.63, 3.8) is 0 Å². The summed E-state index contributed by atoms with van der Waals surface area (Å²) in [6.07, 6.45) is 2.64. The minimum absolute atomic E-state index is 0.0823. The van der Waals surface area contributed by atoms with Crippen LogP contribution in [0, 0.1) is 17.1 Å². The number of amides is 1. The molecule has 0 atom stereocenters. The van der Waals surface area contributed by atoms with E-state index in [1.165, 1.54) is 12.4 Å². The van der Waals surface area contributed by atoms with Gasteiger partial charge >= 0.3 is 0 Å². The first-order valence-corrected chi connectivity index (χ1v) is 10.1.